The number of methoxy groups -OCH3 is 2. The SMILES string of the molecule is COCCN(CCOC)C(=O)c1cccc(SCC(=O)c2ccccc2)c1. The minimum absolute atomic E-state index is 0.0686. The summed E-state index contributed by atoms with van der Waals surface area (Å²) in [6.45, 7) is 1.94. The summed E-state index contributed by atoms with van der Waals surface area (Å²) < 4.78 is 10.2. The van der Waals surface area contributed by atoms with Gasteiger partial charge in [0, 0.05) is 43.3 Å². The summed E-state index contributed by atoms with van der Waals surface area (Å²) in [5.41, 5.74) is 1.29. The van der Waals surface area contributed by atoms with Crippen LogP contribution in [-0.4, -0.2) is 62.9 Å². The van der Waals surface area contributed by atoms with Crippen molar-refractivity contribution in [3.05, 3.63) is 65.7 Å². The molecule has 0 aliphatic heterocycles. The van der Waals surface area contributed by atoms with Gasteiger partial charge < -0.3 is 14.4 Å². The van der Waals surface area contributed by atoms with Crippen LogP contribution in [0.2, 0.25) is 0 Å². The number of carbonyl (C=O) groups excluding carboxylic acids is 2. The third kappa shape index (κ3) is 6.82. The third-order valence-electron chi connectivity index (χ3n) is 3.96. The van der Waals surface area contributed by atoms with Crippen LogP contribution in [0.5, 0.6) is 0 Å². The van der Waals surface area contributed by atoms with Gasteiger partial charge in [-0.25, -0.2) is 0 Å². The van der Waals surface area contributed by atoms with E-state index in [2.05, 4.69) is 0 Å². The molecule has 0 spiro atoms. The Morgan fingerprint density at radius 3 is 2.15 bits per heavy atom. The number of amides is 1. The maximum Gasteiger partial charge on any atom is 0.254 e. The molecule has 0 unspecified atom stereocenters. The molecule has 0 N–H and O–H groups in total. The molecular weight excluding hydrogens is 362 g/mol. The Morgan fingerprint density at radius 1 is 0.889 bits per heavy atom. The topological polar surface area (TPSA) is 55.8 Å². The first-order chi connectivity index (χ1) is 13.2. The predicted octanol–water partition coefficient (Wildman–Crippen LogP) is 3.40. The van der Waals surface area contributed by atoms with Gasteiger partial charge >= 0.3 is 0 Å². The Kier molecular flexibility index (Phi) is 9.04. The number of benzene rings is 2. The van der Waals surface area contributed by atoms with E-state index in [1.54, 1.807) is 25.2 Å². The number of ether oxygens (including phenoxy) is 2. The fourth-order valence-electron chi connectivity index (χ4n) is 2.48. The Balaban J connectivity index is 2.02. The van der Waals surface area contributed by atoms with E-state index >= 15 is 0 Å². The van der Waals surface area contributed by atoms with Gasteiger partial charge in [0.05, 0.1) is 19.0 Å². The van der Waals surface area contributed by atoms with E-state index < -0.39 is 0 Å². The molecule has 2 aromatic rings. The maximum atomic E-state index is 12.8. The van der Waals surface area contributed by atoms with Crippen molar-refractivity contribution in [2.24, 2.45) is 0 Å². The Bertz CT molecular complexity index is 728. The second-order valence-corrected chi connectivity index (χ2v) is 6.93. The van der Waals surface area contributed by atoms with Crippen LogP contribution in [0, 0.1) is 0 Å². The lowest BCUT2D eigenvalue weighted by Gasteiger charge is -2.22. The lowest BCUT2D eigenvalue weighted by atomic mass is 10.2. The zero-order valence-corrected chi connectivity index (χ0v) is 16.5. The van der Waals surface area contributed by atoms with E-state index in [1.807, 2.05) is 48.5 Å². The van der Waals surface area contributed by atoms with Gasteiger partial charge in [0.15, 0.2) is 5.78 Å². The van der Waals surface area contributed by atoms with Gasteiger partial charge in [-0.05, 0) is 18.2 Å². The normalized spacial score (nSPS) is 10.6. The highest BCUT2D eigenvalue weighted by molar-refractivity contribution is 8.00. The largest absolute Gasteiger partial charge is 0.383 e. The Morgan fingerprint density at radius 2 is 1.52 bits per heavy atom. The molecule has 0 heterocycles. The molecule has 5 nitrogen and oxygen atoms in total. The fourth-order valence-corrected chi connectivity index (χ4v) is 3.33. The zero-order valence-electron chi connectivity index (χ0n) is 15.7. The first kappa shape index (κ1) is 21.2. The number of nitrogens with zero attached hydrogens (tertiary/aromatic N) is 1. The smallest absolute Gasteiger partial charge is 0.254 e. The minimum atomic E-state index is -0.0686. The lowest BCUT2D eigenvalue weighted by Crippen LogP contribution is -2.36. The van der Waals surface area contributed by atoms with Gasteiger partial charge in [-0.15, -0.1) is 11.8 Å². The number of ketones is 1. The van der Waals surface area contributed by atoms with Gasteiger partial charge in [-0.2, -0.15) is 0 Å². The molecule has 0 atom stereocenters. The molecular formula is C21H25NO4S. The van der Waals surface area contributed by atoms with Crippen molar-refractivity contribution in [3.63, 3.8) is 0 Å². The summed E-state index contributed by atoms with van der Waals surface area (Å²) in [5.74, 6) is 0.332. The molecule has 0 saturated heterocycles. The second kappa shape index (κ2) is 11.5. The van der Waals surface area contributed by atoms with E-state index in [9.17, 15) is 9.59 Å². The first-order valence-corrected chi connectivity index (χ1v) is 9.72. The van der Waals surface area contributed by atoms with E-state index in [1.165, 1.54) is 11.8 Å². The summed E-state index contributed by atoms with van der Waals surface area (Å²) in [6, 6.07) is 16.6. The quantitative estimate of drug-likeness (QED) is 0.437. The van der Waals surface area contributed by atoms with Crippen molar-refractivity contribution in [3.8, 4) is 0 Å². The molecule has 2 aromatic carbocycles. The van der Waals surface area contributed by atoms with Crippen molar-refractivity contribution in [1.82, 2.24) is 4.90 Å². The van der Waals surface area contributed by atoms with Gasteiger partial charge in [-0.1, -0.05) is 36.4 Å². The van der Waals surface area contributed by atoms with Crippen LogP contribution in [0.15, 0.2) is 59.5 Å². The van der Waals surface area contributed by atoms with Crippen LogP contribution in [0.3, 0.4) is 0 Å². The van der Waals surface area contributed by atoms with Gasteiger partial charge in [0.1, 0.15) is 0 Å². The summed E-state index contributed by atoms with van der Waals surface area (Å²) in [5, 5.41) is 0. The molecule has 0 bridgehead atoms. The summed E-state index contributed by atoms with van der Waals surface area (Å²) in [4.78, 5) is 27.7. The molecule has 2 rings (SSSR count). The summed E-state index contributed by atoms with van der Waals surface area (Å²) in [6.07, 6.45) is 0. The van der Waals surface area contributed by atoms with Crippen LogP contribution in [0.4, 0.5) is 0 Å². The third-order valence-corrected chi connectivity index (χ3v) is 4.96. The number of carbonyl (C=O) groups is 2. The number of hydrogen-bond acceptors (Lipinski definition) is 5. The molecule has 0 aliphatic carbocycles. The van der Waals surface area contributed by atoms with Crippen molar-refractivity contribution < 1.29 is 19.1 Å². The zero-order chi connectivity index (χ0) is 19.5. The summed E-state index contributed by atoms with van der Waals surface area (Å²) >= 11 is 1.43. The van der Waals surface area contributed by atoms with Crippen LogP contribution < -0.4 is 0 Å². The average Bonchev–Trinajstić information content (AvgIpc) is 2.72. The van der Waals surface area contributed by atoms with Crippen molar-refractivity contribution in [2.75, 3.05) is 46.3 Å². The number of thioether (sulfide) groups is 1. The number of rotatable bonds is 11. The predicted molar refractivity (Wildman–Crippen MR) is 108 cm³/mol. The molecule has 6 heteroatoms. The lowest BCUT2D eigenvalue weighted by molar-refractivity contribution is 0.0627. The van der Waals surface area contributed by atoms with Crippen LogP contribution in [-0.2, 0) is 9.47 Å². The van der Waals surface area contributed by atoms with E-state index in [0.717, 1.165) is 4.90 Å². The highest BCUT2D eigenvalue weighted by Gasteiger charge is 2.16. The molecule has 1 amide bonds. The monoisotopic (exact) mass is 387 g/mol. The van der Waals surface area contributed by atoms with E-state index in [-0.39, 0.29) is 11.7 Å². The van der Waals surface area contributed by atoms with Gasteiger partial charge in [0.25, 0.3) is 5.91 Å². The number of Topliss-reactive ketones (excluding diaryl/α,β-unsaturated/α-hetero) is 1. The summed E-state index contributed by atoms with van der Waals surface area (Å²) in [7, 11) is 3.22. The molecule has 0 aliphatic rings. The van der Waals surface area contributed by atoms with Crippen molar-refractivity contribution in [1.29, 1.82) is 0 Å². The molecule has 144 valence electrons. The highest BCUT2D eigenvalue weighted by atomic mass is 32.2. The fraction of sp³-hybridized carbons (Fsp3) is 0.333. The molecule has 0 aromatic heterocycles. The Labute approximate surface area is 164 Å². The Hall–Kier alpha value is -2.15. The van der Waals surface area contributed by atoms with Crippen LogP contribution in [0.25, 0.3) is 0 Å². The van der Waals surface area contributed by atoms with E-state index in [4.69, 9.17) is 9.47 Å². The van der Waals surface area contributed by atoms with Gasteiger partial charge in [-0.3, -0.25) is 9.59 Å². The highest BCUT2D eigenvalue weighted by Crippen LogP contribution is 2.21. The van der Waals surface area contributed by atoms with Crippen molar-refractivity contribution in [2.45, 2.75) is 4.90 Å². The van der Waals surface area contributed by atoms with Crippen LogP contribution in [0.1, 0.15) is 20.7 Å². The number of hydrogen-bond donors (Lipinski definition) is 0. The second-order valence-electron chi connectivity index (χ2n) is 5.88. The maximum absolute atomic E-state index is 12.8. The standard InChI is InChI=1S/C21H25NO4S/c1-25-13-11-22(12-14-26-2)21(24)18-9-6-10-19(15-18)27-16-20(23)17-7-4-3-5-8-17/h3-10,15H,11-14,16H2,1-2H3. The molecule has 27 heavy (non-hydrogen) atoms. The van der Waals surface area contributed by atoms with Crippen molar-refractivity contribution >= 4 is 23.5 Å². The van der Waals surface area contributed by atoms with Gasteiger partial charge in [0.2, 0.25) is 0 Å². The minimum Gasteiger partial charge on any atom is -0.383 e. The first-order valence-electron chi connectivity index (χ1n) is 8.74. The van der Waals surface area contributed by atoms with Crippen LogP contribution >= 0.6 is 11.8 Å². The molecule has 0 radical (unpaired) electrons. The molecule has 0 fully saturated rings. The van der Waals surface area contributed by atoms with E-state index in [0.29, 0.717) is 43.2 Å². The molecule has 0 saturated carbocycles. The average molecular weight is 388 g/mol.